The van der Waals surface area contributed by atoms with Gasteiger partial charge in [-0.2, -0.15) is 0 Å². The molecule has 2 fully saturated rings. The van der Waals surface area contributed by atoms with Crippen molar-refractivity contribution in [3.63, 3.8) is 0 Å². The summed E-state index contributed by atoms with van der Waals surface area (Å²) in [7, 11) is 0. The smallest absolute Gasteiger partial charge is 0.122 e. The summed E-state index contributed by atoms with van der Waals surface area (Å²) < 4.78 is 5.68. The summed E-state index contributed by atoms with van der Waals surface area (Å²) in [6.07, 6.45) is 10.1. The molecular formula is C18H30N2O. The first-order valence-corrected chi connectivity index (χ1v) is 8.81. The molecular weight excluding hydrogens is 260 g/mol. The van der Waals surface area contributed by atoms with Gasteiger partial charge in [-0.1, -0.05) is 19.8 Å². The van der Waals surface area contributed by atoms with Crippen molar-refractivity contribution in [1.29, 1.82) is 0 Å². The molecule has 3 rings (SSSR count). The van der Waals surface area contributed by atoms with Crippen molar-refractivity contribution >= 4 is 0 Å². The molecule has 3 heteroatoms. The molecule has 1 aliphatic carbocycles. The minimum atomic E-state index is 0.421. The molecule has 0 amide bonds. The molecule has 1 unspecified atom stereocenters. The lowest BCUT2D eigenvalue weighted by molar-refractivity contribution is 0.202. The van der Waals surface area contributed by atoms with E-state index in [0.717, 1.165) is 24.1 Å². The van der Waals surface area contributed by atoms with E-state index in [9.17, 15) is 0 Å². The lowest BCUT2D eigenvalue weighted by atomic mass is 9.83. The second-order valence-electron chi connectivity index (χ2n) is 7.06. The molecule has 1 aliphatic heterocycles. The number of rotatable bonds is 6. The van der Waals surface area contributed by atoms with Crippen molar-refractivity contribution < 1.29 is 4.42 Å². The SMILES string of the molecule is CC1CCC(CNCC(c2ccco2)N2CCCC2)CC1. The molecule has 1 saturated carbocycles. The second kappa shape index (κ2) is 7.46. The van der Waals surface area contributed by atoms with Crippen LogP contribution in [0.5, 0.6) is 0 Å². The van der Waals surface area contributed by atoms with Crippen molar-refractivity contribution in [3.8, 4) is 0 Å². The van der Waals surface area contributed by atoms with Crippen molar-refractivity contribution in [1.82, 2.24) is 10.2 Å². The number of hydrogen-bond donors (Lipinski definition) is 1. The summed E-state index contributed by atoms with van der Waals surface area (Å²) in [5.74, 6) is 2.96. The van der Waals surface area contributed by atoms with Gasteiger partial charge in [-0.05, 0) is 69.3 Å². The van der Waals surface area contributed by atoms with Crippen LogP contribution in [-0.2, 0) is 0 Å². The van der Waals surface area contributed by atoms with Gasteiger partial charge in [0.15, 0.2) is 0 Å². The van der Waals surface area contributed by atoms with E-state index < -0.39 is 0 Å². The van der Waals surface area contributed by atoms with E-state index in [2.05, 4.69) is 23.2 Å². The summed E-state index contributed by atoms with van der Waals surface area (Å²) >= 11 is 0. The Morgan fingerprint density at radius 2 is 2.00 bits per heavy atom. The Bertz CT molecular complexity index is 389. The summed E-state index contributed by atoms with van der Waals surface area (Å²) in [6.45, 7) is 7.03. The second-order valence-corrected chi connectivity index (χ2v) is 7.06. The van der Waals surface area contributed by atoms with E-state index in [1.54, 1.807) is 6.26 Å². The van der Waals surface area contributed by atoms with Crippen LogP contribution in [0.15, 0.2) is 22.8 Å². The predicted molar refractivity (Wildman–Crippen MR) is 86.2 cm³/mol. The number of nitrogens with one attached hydrogen (secondary N) is 1. The van der Waals surface area contributed by atoms with Gasteiger partial charge in [-0.25, -0.2) is 0 Å². The van der Waals surface area contributed by atoms with Gasteiger partial charge < -0.3 is 9.73 Å². The minimum Gasteiger partial charge on any atom is -0.468 e. The van der Waals surface area contributed by atoms with Crippen LogP contribution < -0.4 is 5.32 Å². The Hall–Kier alpha value is -0.800. The van der Waals surface area contributed by atoms with Crippen LogP contribution in [0.25, 0.3) is 0 Å². The average molecular weight is 290 g/mol. The van der Waals surface area contributed by atoms with Crippen LogP contribution in [0.2, 0.25) is 0 Å². The maximum Gasteiger partial charge on any atom is 0.122 e. The highest BCUT2D eigenvalue weighted by Gasteiger charge is 2.25. The Morgan fingerprint density at radius 1 is 1.24 bits per heavy atom. The minimum absolute atomic E-state index is 0.421. The van der Waals surface area contributed by atoms with Crippen molar-refractivity contribution in [2.75, 3.05) is 26.2 Å². The molecule has 3 nitrogen and oxygen atoms in total. The van der Waals surface area contributed by atoms with Gasteiger partial charge in [0, 0.05) is 6.54 Å². The first kappa shape index (κ1) is 15.1. The molecule has 21 heavy (non-hydrogen) atoms. The highest BCUT2D eigenvalue weighted by molar-refractivity contribution is 5.06. The number of nitrogens with zero attached hydrogens (tertiary/aromatic N) is 1. The monoisotopic (exact) mass is 290 g/mol. The fourth-order valence-corrected chi connectivity index (χ4v) is 3.90. The topological polar surface area (TPSA) is 28.4 Å². The summed E-state index contributed by atoms with van der Waals surface area (Å²) in [4.78, 5) is 2.58. The molecule has 0 radical (unpaired) electrons. The molecule has 1 atom stereocenters. The average Bonchev–Trinajstić information content (AvgIpc) is 3.19. The van der Waals surface area contributed by atoms with E-state index in [1.807, 2.05) is 6.07 Å². The van der Waals surface area contributed by atoms with Crippen LogP contribution in [0.1, 0.15) is 57.3 Å². The molecule has 2 aliphatic rings. The summed E-state index contributed by atoms with van der Waals surface area (Å²) in [5.41, 5.74) is 0. The van der Waals surface area contributed by atoms with Gasteiger partial charge in [0.05, 0.1) is 12.3 Å². The quantitative estimate of drug-likeness (QED) is 0.863. The largest absolute Gasteiger partial charge is 0.468 e. The Labute approximate surface area is 129 Å². The van der Waals surface area contributed by atoms with Gasteiger partial charge in [0.1, 0.15) is 5.76 Å². The van der Waals surface area contributed by atoms with Crippen LogP contribution in [0, 0.1) is 11.8 Å². The molecule has 0 bridgehead atoms. The molecule has 1 saturated heterocycles. The molecule has 1 aromatic rings. The third-order valence-electron chi connectivity index (χ3n) is 5.36. The first-order chi connectivity index (χ1) is 10.3. The van der Waals surface area contributed by atoms with E-state index in [0.29, 0.717) is 6.04 Å². The molecule has 1 N–H and O–H groups in total. The fourth-order valence-electron chi connectivity index (χ4n) is 3.90. The van der Waals surface area contributed by atoms with E-state index in [4.69, 9.17) is 4.42 Å². The van der Waals surface area contributed by atoms with Gasteiger partial charge in [0.25, 0.3) is 0 Å². The van der Waals surface area contributed by atoms with Gasteiger partial charge in [-0.3, -0.25) is 4.90 Å². The Balaban J connectivity index is 1.48. The molecule has 118 valence electrons. The van der Waals surface area contributed by atoms with Crippen LogP contribution in [0.4, 0.5) is 0 Å². The molecule has 0 aromatic carbocycles. The maximum atomic E-state index is 5.68. The number of likely N-dealkylation sites (tertiary alicyclic amines) is 1. The number of hydrogen-bond acceptors (Lipinski definition) is 3. The zero-order valence-electron chi connectivity index (χ0n) is 13.4. The summed E-state index contributed by atoms with van der Waals surface area (Å²) in [6, 6.07) is 4.57. The summed E-state index contributed by atoms with van der Waals surface area (Å²) in [5, 5.41) is 3.73. The third-order valence-corrected chi connectivity index (χ3v) is 5.36. The van der Waals surface area contributed by atoms with Crippen molar-refractivity contribution in [3.05, 3.63) is 24.2 Å². The Morgan fingerprint density at radius 3 is 2.67 bits per heavy atom. The van der Waals surface area contributed by atoms with Gasteiger partial charge >= 0.3 is 0 Å². The normalized spacial score (nSPS) is 28.8. The van der Waals surface area contributed by atoms with Crippen molar-refractivity contribution in [2.24, 2.45) is 11.8 Å². The molecule has 0 spiro atoms. The zero-order valence-corrected chi connectivity index (χ0v) is 13.4. The molecule has 2 heterocycles. The fraction of sp³-hybridized carbons (Fsp3) is 0.778. The maximum absolute atomic E-state index is 5.68. The predicted octanol–water partition coefficient (Wildman–Crippen LogP) is 3.83. The molecule has 1 aromatic heterocycles. The first-order valence-electron chi connectivity index (χ1n) is 8.81. The highest BCUT2D eigenvalue weighted by Crippen LogP contribution is 2.28. The highest BCUT2D eigenvalue weighted by atomic mass is 16.3. The standard InChI is InChI=1S/C18H30N2O/c1-15-6-8-16(9-7-15)13-19-14-17(18-5-4-12-21-18)20-10-2-3-11-20/h4-5,12,15-17,19H,2-3,6-11,13-14H2,1H3. The lowest BCUT2D eigenvalue weighted by Crippen LogP contribution is -2.36. The van der Waals surface area contributed by atoms with Crippen LogP contribution >= 0.6 is 0 Å². The van der Waals surface area contributed by atoms with Gasteiger partial charge in [-0.15, -0.1) is 0 Å². The van der Waals surface area contributed by atoms with Crippen LogP contribution in [-0.4, -0.2) is 31.1 Å². The third kappa shape index (κ3) is 4.10. The Kier molecular flexibility index (Phi) is 5.37. The number of furan rings is 1. The van der Waals surface area contributed by atoms with Crippen LogP contribution in [0.3, 0.4) is 0 Å². The zero-order chi connectivity index (χ0) is 14.5. The lowest BCUT2D eigenvalue weighted by Gasteiger charge is -2.29. The van der Waals surface area contributed by atoms with Gasteiger partial charge in [0.2, 0.25) is 0 Å². The van der Waals surface area contributed by atoms with E-state index in [1.165, 1.54) is 58.2 Å². The van der Waals surface area contributed by atoms with E-state index in [-0.39, 0.29) is 0 Å². The van der Waals surface area contributed by atoms with E-state index >= 15 is 0 Å². The van der Waals surface area contributed by atoms with Crippen molar-refractivity contribution in [2.45, 2.75) is 51.5 Å².